The van der Waals surface area contributed by atoms with Crippen molar-refractivity contribution in [3.05, 3.63) is 70.7 Å². The second-order valence-corrected chi connectivity index (χ2v) is 6.33. The number of halogens is 2. The standard InChI is InChI=1S/C19H18ClFO2/c1-2-23-17(22)19(15-9-6-10-16(20)11-15)12-18(19,13-21)14-7-4-3-5-8-14/h3-11H,2,12-13H2,1H3/t18-,19-/m1/s1. The molecule has 1 fully saturated rings. The Labute approximate surface area is 140 Å². The summed E-state index contributed by atoms with van der Waals surface area (Å²) >= 11 is 6.10. The van der Waals surface area contributed by atoms with Crippen LogP contribution in [0.4, 0.5) is 4.39 Å². The predicted octanol–water partition coefficient (Wildman–Crippen LogP) is 4.45. The molecule has 2 atom stereocenters. The smallest absolute Gasteiger partial charge is 0.317 e. The topological polar surface area (TPSA) is 26.3 Å². The highest BCUT2D eigenvalue weighted by Gasteiger charge is 2.74. The molecule has 4 heteroatoms. The molecule has 0 bridgehead atoms. The van der Waals surface area contributed by atoms with E-state index in [1.807, 2.05) is 36.4 Å². The number of alkyl halides is 1. The van der Waals surface area contributed by atoms with Crippen LogP contribution in [0.25, 0.3) is 0 Å². The number of carbonyl (C=O) groups excluding carboxylic acids is 1. The van der Waals surface area contributed by atoms with Crippen molar-refractivity contribution < 1.29 is 13.9 Å². The molecular weight excluding hydrogens is 315 g/mol. The number of hydrogen-bond acceptors (Lipinski definition) is 2. The molecule has 0 radical (unpaired) electrons. The Balaban J connectivity index is 2.14. The molecule has 1 aliphatic rings. The van der Waals surface area contributed by atoms with Gasteiger partial charge in [-0.3, -0.25) is 9.18 Å². The van der Waals surface area contributed by atoms with Crippen LogP contribution in [0.5, 0.6) is 0 Å². The summed E-state index contributed by atoms with van der Waals surface area (Å²) in [6.07, 6.45) is 0.389. The minimum Gasteiger partial charge on any atom is -0.465 e. The summed E-state index contributed by atoms with van der Waals surface area (Å²) < 4.78 is 19.5. The van der Waals surface area contributed by atoms with E-state index in [0.717, 1.165) is 5.56 Å². The van der Waals surface area contributed by atoms with Crippen molar-refractivity contribution in [1.82, 2.24) is 0 Å². The van der Waals surface area contributed by atoms with E-state index in [2.05, 4.69) is 0 Å². The highest BCUT2D eigenvalue weighted by atomic mass is 35.5. The van der Waals surface area contributed by atoms with Crippen LogP contribution in [0.2, 0.25) is 5.02 Å². The minimum absolute atomic E-state index is 0.262. The van der Waals surface area contributed by atoms with Crippen molar-refractivity contribution in [2.45, 2.75) is 24.2 Å². The highest BCUT2D eigenvalue weighted by molar-refractivity contribution is 6.30. The average Bonchev–Trinajstić information content (AvgIpc) is 3.28. The number of rotatable bonds is 5. The SMILES string of the molecule is CCOC(=O)[C@]1(c2cccc(Cl)c2)C[C@@]1(CF)c1ccccc1. The van der Waals surface area contributed by atoms with Crippen molar-refractivity contribution in [2.75, 3.05) is 13.3 Å². The molecule has 2 nitrogen and oxygen atoms in total. The van der Waals surface area contributed by atoms with E-state index in [4.69, 9.17) is 16.3 Å². The van der Waals surface area contributed by atoms with Crippen LogP contribution in [0, 0.1) is 0 Å². The number of ether oxygens (including phenoxy) is 1. The zero-order valence-electron chi connectivity index (χ0n) is 12.9. The Hall–Kier alpha value is -1.87. The van der Waals surface area contributed by atoms with Crippen LogP contribution in [0.3, 0.4) is 0 Å². The van der Waals surface area contributed by atoms with Gasteiger partial charge < -0.3 is 4.74 Å². The normalized spacial score (nSPS) is 25.9. The maximum absolute atomic E-state index is 14.2. The maximum atomic E-state index is 14.2. The Bertz CT molecular complexity index is 718. The van der Waals surface area contributed by atoms with E-state index >= 15 is 0 Å². The summed E-state index contributed by atoms with van der Waals surface area (Å²) in [5.41, 5.74) is -0.365. The van der Waals surface area contributed by atoms with Gasteiger partial charge in [0.1, 0.15) is 12.1 Å². The van der Waals surface area contributed by atoms with Gasteiger partial charge in [-0.15, -0.1) is 0 Å². The molecule has 3 rings (SSSR count). The van der Waals surface area contributed by atoms with Gasteiger partial charge in [0.15, 0.2) is 0 Å². The first kappa shape index (κ1) is 16.0. The maximum Gasteiger partial charge on any atom is 0.317 e. The van der Waals surface area contributed by atoms with Gasteiger partial charge in [-0.2, -0.15) is 0 Å². The van der Waals surface area contributed by atoms with E-state index in [1.165, 1.54) is 0 Å². The van der Waals surface area contributed by atoms with Crippen molar-refractivity contribution >= 4 is 17.6 Å². The predicted molar refractivity (Wildman–Crippen MR) is 88.5 cm³/mol. The van der Waals surface area contributed by atoms with Crippen LogP contribution in [0.15, 0.2) is 54.6 Å². The first-order chi connectivity index (χ1) is 11.1. The Morgan fingerprint density at radius 1 is 1.17 bits per heavy atom. The van der Waals surface area contributed by atoms with Crippen LogP contribution in [-0.2, 0) is 20.4 Å². The molecule has 0 aliphatic heterocycles. The zero-order chi connectivity index (χ0) is 16.5. The van der Waals surface area contributed by atoms with E-state index in [0.29, 0.717) is 17.0 Å². The molecule has 0 N–H and O–H groups in total. The molecule has 0 heterocycles. The van der Waals surface area contributed by atoms with Gasteiger partial charge in [0.25, 0.3) is 0 Å². The van der Waals surface area contributed by atoms with Crippen LogP contribution in [0.1, 0.15) is 24.5 Å². The number of esters is 1. The Kier molecular flexibility index (Phi) is 4.15. The van der Waals surface area contributed by atoms with Gasteiger partial charge in [-0.25, -0.2) is 0 Å². The lowest BCUT2D eigenvalue weighted by Crippen LogP contribution is -2.33. The third-order valence-corrected chi connectivity index (χ3v) is 4.99. The molecule has 0 saturated heterocycles. The molecule has 0 aromatic heterocycles. The fraction of sp³-hybridized carbons (Fsp3) is 0.316. The number of carbonyl (C=O) groups is 1. The molecule has 1 saturated carbocycles. The lowest BCUT2D eigenvalue weighted by atomic mass is 9.82. The van der Waals surface area contributed by atoms with Gasteiger partial charge in [0.05, 0.1) is 6.61 Å². The third kappa shape index (κ3) is 2.34. The van der Waals surface area contributed by atoms with E-state index in [9.17, 15) is 9.18 Å². The van der Waals surface area contributed by atoms with Crippen molar-refractivity contribution in [3.8, 4) is 0 Å². The second kappa shape index (κ2) is 5.97. The van der Waals surface area contributed by atoms with Gasteiger partial charge in [0, 0.05) is 10.4 Å². The number of hydrogen-bond donors (Lipinski definition) is 0. The monoisotopic (exact) mass is 332 g/mol. The molecule has 0 unspecified atom stereocenters. The van der Waals surface area contributed by atoms with E-state index in [1.54, 1.807) is 25.1 Å². The fourth-order valence-corrected chi connectivity index (χ4v) is 3.71. The van der Waals surface area contributed by atoms with Gasteiger partial charge >= 0.3 is 5.97 Å². The number of benzene rings is 2. The van der Waals surface area contributed by atoms with Gasteiger partial charge in [-0.05, 0) is 36.6 Å². The zero-order valence-corrected chi connectivity index (χ0v) is 13.6. The van der Waals surface area contributed by atoms with E-state index < -0.39 is 17.5 Å². The van der Waals surface area contributed by atoms with Crippen LogP contribution in [-0.4, -0.2) is 19.3 Å². The summed E-state index contributed by atoms with van der Waals surface area (Å²) in [5, 5.41) is 0.527. The van der Waals surface area contributed by atoms with Gasteiger partial charge in [0.2, 0.25) is 0 Å². The Morgan fingerprint density at radius 2 is 1.87 bits per heavy atom. The molecule has 1 aliphatic carbocycles. The van der Waals surface area contributed by atoms with Crippen molar-refractivity contribution in [3.63, 3.8) is 0 Å². The van der Waals surface area contributed by atoms with Crippen LogP contribution < -0.4 is 0 Å². The third-order valence-electron chi connectivity index (χ3n) is 4.75. The first-order valence-electron chi connectivity index (χ1n) is 7.65. The fourth-order valence-electron chi connectivity index (χ4n) is 3.52. The lowest BCUT2D eigenvalue weighted by molar-refractivity contribution is -0.147. The quantitative estimate of drug-likeness (QED) is 0.756. The molecule has 23 heavy (non-hydrogen) atoms. The lowest BCUT2D eigenvalue weighted by Gasteiger charge is -2.23. The second-order valence-electron chi connectivity index (χ2n) is 5.89. The first-order valence-corrected chi connectivity index (χ1v) is 8.03. The van der Waals surface area contributed by atoms with Gasteiger partial charge in [-0.1, -0.05) is 54.1 Å². The summed E-state index contributed by atoms with van der Waals surface area (Å²) in [4.78, 5) is 12.8. The molecule has 0 spiro atoms. The largest absolute Gasteiger partial charge is 0.465 e. The molecule has 2 aromatic rings. The summed E-state index contributed by atoms with van der Waals surface area (Å²) in [6, 6.07) is 16.4. The average molecular weight is 333 g/mol. The van der Waals surface area contributed by atoms with Crippen molar-refractivity contribution in [1.29, 1.82) is 0 Å². The molecule has 120 valence electrons. The molecular formula is C19H18ClFO2. The summed E-state index contributed by atoms with van der Waals surface area (Å²) in [5.74, 6) is -0.385. The Morgan fingerprint density at radius 3 is 2.48 bits per heavy atom. The molecule has 0 amide bonds. The molecule has 2 aromatic carbocycles. The van der Waals surface area contributed by atoms with Crippen molar-refractivity contribution in [2.24, 2.45) is 0 Å². The van der Waals surface area contributed by atoms with Crippen LogP contribution >= 0.6 is 11.6 Å². The highest BCUT2D eigenvalue weighted by Crippen LogP contribution is 2.66. The van der Waals surface area contributed by atoms with E-state index in [-0.39, 0.29) is 12.6 Å². The summed E-state index contributed by atoms with van der Waals surface area (Å²) in [6.45, 7) is 1.40. The summed E-state index contributed by atoms with van der Waals surface area (Å²) in [7, 11) is 0. The minimum atomic E-state index is -1.01.